The summed E-state index contributed by atoms with van der Waals surface area (Å²) in [6.07, 6.45) is 0. The van der Waals surface area contributed by atoms with Gasteiger partial charge in [0.05, 0.1) is 0 Å². The molecule has 104 valence electrons. The number of carbonyl (C=O) groups excluding carboxylic acids is 1. The normalized spacial score (nSPS) is 10.2. The van der Waals surface area contributed by atoms with Gasteiger partial charge in [0.1, 0.15) is 11.6 Å². The fourth-order valence-electron chi connectivity index (χ4n) is 1.62. The number of ether oxygens (including phenoxy) is 1. The van der Waals surface area contributed by atoms with Crippen LogP contribution in [0.15, 0.2) is 46.9 Å². The quantitative estimate of drug-likeness (QED) is 0.918. The molecule has 0 radical (unpaired) electrons. The minimum absolute atomic E-state index is 0.127. The Kier molecular flexibility index (Phi) is 4.74. The minimum Gasteiger partial charge on any atom is -0.484 e. The van der Waals surface area contributed by atoms with E-state index in [0.717, 1.165) is 10.0 Å². The molecular formula is C15H13BrFNO2. The van der Waals surface area contributed by atoms with Crippen LogP contribution in [-0.2, 0) is 4.79 Å². The number of aryl methyl sites for hydroxylation is 1. The predicted molar refractivity (Wildman–Crippen MR) is 79.4 cm³/mol. The lowest BCUT2D eigenvalue weighted by Gasteiger charge is -2.08. The lowest BCUT2D eigenvalue weighted by molar-refractivity contribution is -0.118. The van der Waals surface area contributed by atoms with E-state index < -0.39 is 5.82 Å². The molecule has 2 aromatic rings. The molecule has 0 saturated heterocycles. The summed E-state index contributed by atoms with van der Waals surface area (Å²) in [5.41, 5.74) is 1.43. The van der Waals surface area contributed by atoms with E-state index in [1.807, 2.05) is 19.1 Å². The Morgan fingerprint density at radius 1 is 1.30 bits per heavy atom. The van der Waals surface area contributed by atoms with Gasteiger partial charge in [-0.05, 0) is 48.9 Å². The molecule has 0 aromatic heterocycles. The second-order valence-electron chi connectivity index (χ2n) is 4.26. The van der Waals surface area contributed by atoms with Crippen molar-refractivity contribution in [3.63, 3.8) is 0 Å². The van der Waals surface area contributed by atoms with E-state index in [1.165, 1.54) is 18.2 Å². The second-order valence-corrected chi connectivity index (χ2v) is 5.11. The van der Waals surface area contributed by atoms with Gasteiger partial charge in [-0.3, -0.25) is 4.79 Å². The first kappa shape index (κ1) is 14.5. The second kappa shape index (κ2) is 6.52. The maximum absolute atomic E-state index is 13.0. The molecule has 0 bridgehead atoms. The third-order valence-corrected chi connectivity index (χ3v) is 3.50. The largest absolute Gasteiger partial charge is 0.484 e. The molecule has 0 aliphatic heterocycles. The number of hydrogen-bond donors (Lipinski definition) is 1. The van der Waals surface area contributed by atoms with Crippen molar-refractivity contribution in [1.82, 2.24) is 0 Å². The molecule has 1 N–H and O–H groups in total. The fourth-order valence-corrected chi connectivity index (χ4v) is 1.87. The van der Waals surface area contributed by atoms with Crippen LogP contribution in [0.1, 0.15) is 5.56 Å². The zero-order valence-corrected chi connectivity index (χ0v) is 12.4. The van der Waals surface area contributed by atoms with Gasteiger partial charge < -0.3 is 10.1 Å². The lowest BCUT2D eigenvalue weighted by Crippen LogP contribution is -2.20. The number of rotatable bonds is 4. The van der Waals surface area contributed by atoms with Crippen LogP contribution in [0.4, 0.5) is 10.1 Å². The van der Waals surface area contributed by atoms with Crippen molar-refractivity contribution in [2.24, 2.45) is 0 Å². The molecule has 0 aliphatic rings. The molecule has 0 aliphatic carbocycles. The van der Waals surface area contributed by atoms with Crippen LogP contribution in [0.2, 0.25) is 0 Å². The molecule has 5 heteroatoms. The molecule has 0 fully saturated rings. The van der Waals surface area contributed by atoms with Gasteiger partial charge in [-0.2, -0.15) is 0 Å². The zero-order chi connectivity index (χ0) is 14.5. The Balaban J connectivity index is 1.90. The van der Waals surface area contributed by atoms with E-state index in [4.69, 9.17) is 4.74 Å². The highest BCUT2D eigenvalue weighted by molar-refractivity contribution is 9.10. The van der Waals surface area contributed by atoms with Gasteiger partial charge in [-0.15, -0.1) is 0 Å². The van der Waals surface area contributed by atoms with E-state index in [9.17, 15) is 9.18 Å². The van der Waals surface area contributed by atoms with Crippen LogP contribution in [0.3, 0.4) is 0 Å². The van der Waals surface area contributed by atoms with E-state index in [-0.39, 0.29) is 12.5 Å². The van der Waals surface area contributed by atoms with Crippen LogP contribution in [0, 0.1) is 12.7 Å². The van der Waals surface area contributed by atoms with Gasteiger partial charge in [0, 0.05) is 10.2 Å². The summed E-state index contributed by atoms with van der Waals surface area (Å²) in [7, 11) is 0. The van der Waals surface area contributed by atoms with Crippen LogP contribution in [-0.4, -0.2) is 12.5 Å². The number of nitrogens with one attached hydrogen (secondary N) is 1. The van der Waals surface area contributed by atoms with Crippen molar-refractivity contribution in [2.45, 2.75) is 6.92 Å². The third kappa shape index (κ3) is 4.06. The number of hydrogen-bond acceptors (Lipinski definition) is 2. The molecular weight excluding hydrogens is 325 g/mol. The first-order valence-corrected chi connectivity index (χ1v) is 6.78. The minimum atomic E-state index is -0.396. The highest BCUT2D eigenvalue weighted by Gasteiger charge is 2.05. The Labute approximate surface area is 124 Å². The molecule has 1 amide bonds. The lowest BCUT2D eigenvalue weighted by atomic mass is 10.2. The molecule has 0 heterocycles. The average Bonchev–Trinajstić information content (AvgIpc) is 2.40. The first-order chi connectivity index (χ1) is 9.54. The Bertz CT molecular complexity index is 631. The summed E-state index contributed by atoms with van der Waals surface area (Å²) < 4.78 is 19.3. The Morgan fingerprint density at radius 3 is 2.80 bits per heavy atom. The van der Waals surface area contributed by atoms with Crippen molar-refractivity contribution < 1.29 is 13.9 Å². The van der Waals surface area contributed by atoms with Crippen LogP contribution in [0.25, 0.3) is 0 Å². The first-order valence-electron chi connectivity index (χ1n) is 5.99. The number of benzene rings is 2. The summed E-state index contributed by atoms with van der Waals surface area (Å²) in [4.78, 5) is 11.7. The predicted octanol–water partition coefficient (Wildman–Crippen LogP) is 3.91. The van der Waals surface area contributed by atoms with Crippen molar-refractivity contribution in [1.29, 1.82) is 0 Å². The summed E-state index contributed by atoms with van der Waals surface area (Å²) >= 11 is 3.39. The topological polar surface area (TPSA) is 38.3 Å². The van der Waals surface area contributed by atoms with Crippen LogP contribution in [0.5, 0.6) is 5.75 Å². The molecule has 20 heavy (non-hydrogen) atoms. The summed E-state index contributed by atoms with van der Waals surface area (Å²) in [5.74, 6) is -0.122. The van der Waals surface area contributed by atoms with Gasteiger partial charge in [-0.25, -0.2) is 4.39 Å². The zero-order valence-electron chi connectivity index (χ0n) is 10.8. The standard InChI is InChI=1S/C15H13BrFNO2/c1-10-7-13(5-6-14(10)16)20-9-15(19)18-12-4-2-3-11(17)8-12/h2-8H,9H2,1H3,(H,18,19). The monoisotopic (exact) mass is 337 g/mol. The van der Waals surface area contributed by atoms with Gasteiger partial charge in [-0.1, -0.05) is 22.0 Å². The van der Waals surface area contributed by atoms with Gasteiger partial charge in [0.15, 0.2) is 6.61 Å². The van der Waals surface area contributed by atoms with E-state index >= 15 is 0 Å². The molecule has 2 aromatic carbocycles. The van der Waals surface area contributed by atoms with Crippen molar-refractivity contribution >= 4 is 27.5 Å². The molecule has 0 unspecified atom stereocenters. The maximum atomic E-state index is 13.0. The third-order valence-electron chi connectivity index (χ3n) is 2.61. The van der Waals surface area contributed by atoms with Crippen molar-refractivity contribution in [3.05, 3.63) is 58.3 Å². The SMILES string of the molecule is Cc1cc(OCC(=O)Nc2cccc(F)c2)ccc1Br. The molecule has 2 rings (SSSR count). The van der Waals surface area contributed by atoms with Crippen molar-refractivity contribution in [3.8, 4) is 5.75 Å². The summed E-state index contributed by atoms with van der Waals surface area (Å²) in [6.45, 7) is 1.81. The smallest absolute Gasteiger partial charge is 0.262 e. The van der Waals surface area contributed by atoms with Gasteiger partial charge >= 0.3 is 0 Å². The number of anilines is 1. The Morgan fingerprint density at radius 2 is 2.10 bits per heavy atom. The average molecular weight is 338 g/mol. The van der Waals surface area contributed by atoms with Gasteiger partial charge in [0.25, 0.3) is 5.91 Å². The molecule has 3 nitrogen and oxygen atoms in total. The summed E-state index contributed by atoms with van der Waals surface area (Å²) in [6, 6.07) is 11.2. The van der Waals surface area contributed by atoms with E-state index in [1.54, 1.807) is 12.1 Å². The van der Waals surface area contributed by atoms with Gasteiger partial charge in [0.2, 0.25) is 0 Å². The van der Waals surface area contributed by atoms with E-state index in [0.29, 0.717) is 11.4 Å². The molecule has 0 saturated carbocycles. The molecule has 0 spiro atoms. The highest BCUT2D eigenvalue weighted by atomic mass is 79.9. The van der Waals surface area contributed by atoms with E-state index in [2.05, 4.69) is 21.2 Å². The number of carbonyl (C=O) groups is 1. The summed E-state index contributed by atoms with van der Waals surface area (Å²) in [5, 5.41) is 2.57. The number of amides is 1. The maximum Gasteiger partial charge on any atom is 0.262 e. The highest BCUT2D eigenvalue weighted by Crippen LogP contribution is 2.21. The number of halogens is 2. The van der Waals surface area contributed by atoms with Crippen LogP contribution < -0.4 is 10.1 Å². The molecule has 0 atom stereocenters. The Hall–Kier alpha value is -1.88. The van der Waals surface area contributed by atoms with Crippen LogP contribution >= 0.6 is 15.9 Å². The van der Waals surface area contributed by atoms with Crippen molar-refractivity contribution in [2.75, 3.05) is 11.9 Å². The fraction of sp³-hybridized carbons (Fsp3) is 0.133.